The fourth-order valence-corrected chi connectivity index (χ4v) is 3.22. The number of fused-ring (bicyclic) bond motifs is 1. The van der Waals surface area contributed by atoms with Crippen molar-refractivity contribution >= 4 is 0 Å². The predicted octanol–water partition coefficient (Wildman–Crippen LogP) is 4.12. The van der Waals surface area contributed by atoms with Crippen LogP contribution in [0.5, 0.6) is 0 Å². The second-order valence-corrected chi connectivity index (χ2v) is 5.81. The Morgan fingerprint density at radius 3 is 2.67 bits per heavy atom. The maximum atomic E-state index is 13.9. The van der Waals surface area contributed by atoms with E-state index in [1.807, 2.05) is 24.3 Å². The van der Waals surface area contributed by atoms with E-state index >= 15 is 0 Å². The Balaban J connectivity index is 2.00. The summed E-state index contributed by atoms with van der Waals surface area (Å²) in [5, 5.41) is 11.1. The molecule has 1 atom stereocenters. The van der Waals surface area contributed by atoms with Crippen LogP contribution in [0.1, 0.15) is 36.0 Å². The Morgan fingerprint density at radius 2 is 1.86 bits per heavy atom. The van der Waals surface area contributed by atoms with Crippen molar-refractivity contribution < 1.29 is 13.9 Å². The number of rotatable bonds is 2. The first-order chi connectivity index (χ1) is 10.1. The molecule has 110 valence electrons. The predicted molar refractivity (Wildman–Crippen MR) is 78.0 cm³/mol. The van der Waals surface area contributed by atoms with Crippen LogP contribution in [-0.4, -0.2) is 5.11 Å². The molecule has 0 radical (unpaired) electrons. The van der Waals surface area contributed by atoms with Crippen LogP contribution in [0.25, 0.3) is 0 Å². The highest BCUT2D eigenvalue weighted by Crippen LogP contribution is 2.37. The van der Waals surface area contributed by atoms with Crippen molar-refractivity contribution in [3.05, 3.63) is 70.8 Å². The zero-order chi connectivity index (χ0) is 14.9. The lowest BCUT2D eigenvalue weighted by Gasteiger charge is -2.29. The lowest BCUT2D eigenvalue weighted by molar-refractivity contribution is 0.0263. The van der Waals surface area contributed by atoms with Crippen LogP contribution in [0.15, 0.2) is 42.5 Å². The second kappa shape index (κ2) is 5.57. The highest BCUT2D eigenvalue weighted by atomic mass is 19.1. The summed E-state index contributed by atoms with van der Waals surface area (Å²) in [6.07, 6.45) is 3.63. The summed E-state index contributed by atoms with van der Waals surface area (Å²) >= 11 is 0. The first-order valence-electron chi connectivity index (χ1n) is 7.33. The summed E-state index contributed by atoms with van der Waals surface area (Å²) in [7, 11) is 0. The molecule has 0 heterocycles. The summed E-state index contributed by atoms with van der Waals surface area (Å²) in [4.78, 5) is 0. The van der Waals surface area contributed by atoms with Crippen molar-refractivity contribution in [2.75, 3.05) is 0 Å². The standard InChI is InChI=1S/C18H18F2O/c19-15-9-8-14(17(20)11-15)12-18(21)10-4-3-6-13-5-1-2-7-16(13)18/h1-2,5,7-9,11,21H,3-4,6,10,12H2. The van der Waals surface area contributed by atoms with Gasteiger partial charge < -0.3 is 5.11 Å². The van der Waals surface area contributed by atoms with Gasteiger partial charge in [0.2, 0.25) is 0 Å². The molecule has 1 aliphatic carbocycles. The largest absolute Gasteiger partial charge is 0.385 e. The molecular weight excluding hydrogens is 270 g/mol. The van der Waals surface area contributed by atoms with Crippen molar-refractivity contribution in [1.82, 2.24) is 0 Å². The Kier molecular flexibility index (Phi) is 3.77. The summed E-state index contributed by atoms with van der Waals surface area (Å²) in [5.41, 5.74) is 1.29. The van der Waals surface area contributed by atoms with Gasteiger partial charge in [0.15, 0.2) is 0 Å². The molecule has 3 rings (SSSR count). The fraction of sp³-hybridized carbons (Fsp3) is 0.333. The van der Waals surface area contributed by atoms with Gasteiger partial charge in [-0.05, 0) is 48.4 Å². The molecule has 0 amide bonds. The smallest absolute Gasteiger partial charge is 0.129 e. The lowest BCUT2D eigenvalue weighted by atomic mass is 9.82. The van der Waals surface area contributed by atoms with Crippen LogP contribution in [0.3, 0.4) is 0 Å². The molecule has 0 fully saturated rings. The van der Waals surface area contributed by atoms with E-state index < -0.39 is 17.2 Å². The average molecular weight is 288 g/mol. The summed E-state index contributed by atoms with van der Waals surface area (Å²) in [6.45, 7) is 0. The maximum absolute atomic E-state index is 13.9. The van der Waals surface area contributed by atoms with E-state index in [4.69, 9.17) is 0 Å². The van der Waals surface area contributed by atoms with Crippen molar-refractivity contribution in [3.63, 3.8) is 0 Å². The van der Waals surface area contributed by atoms with Gasteiger partial charge in [-0.2, -0.15) is 0 Å². The first kappa shape index (κ1) is 14.2. The number of halogens is 2. The van der Waals surface area contributed by atoms with E-state index in [2.05, 4.69) is 0 Å². The van der Waals surface area contributed by atoms with E-state index in [1.165, 1.54) is 12.1 Å². The molecule has 1 aliphatic rings. The van der Waals surface area contributed by atoms with Gasteiger partial charge in [0.05, 0.1) is 5.60 Å². The Morgan fingerprint density at radius 1 is 1.05 bits per heavy atom. The molecule has 0 bridgehead atoms. The number of aliphatic hydroxyl groups is 1. The van der Waals surface area contributed by atoms with Crippen LogP contribution >= 0.6 is 0 Å². The van der Waals surface area contributed by atoms with Gasteiger partial charge in [0.25, 0.3) is 0 Å². The molecule has 0 aromatic heterocycles. The highest BCUT2D eigenvalue weighted by molar-refractivity contribution is 5.35. The molecule has 2 aromatic carbocycles. The highest BCUT2D eigenvalue weighted by Gasteiger charge is 2.33. The van der Waals surface area contributed by atoms with Crippen molar-refractivity contribution in [2.45, 2.75) is 37.7 Å². The van der Waals surface area contributed by atoms with Gasteiger partial charge in [0, 0.05) is 12.5 Å². The van der Waals surface area contributed by atoms with E-state index in [9.17, 15) is 13.9 Å². The molecule has 1 nitrogen and oxygen atoms in total. The Bertz CT molecular complexity index is 653. The zero-order valence-corrected chi connectivity index (χ0v) is 11.8. The minimum Gasteiger partial charge on any atom is -0.385 e. The van der Waals surface area contributed by atoms with Gasteiger partial charge in [0.1, 0.15) is 11.6 Å². The molecule has 2 aromatic rings. The SMILES string of the molecule is OC1(Cc2ccc(F)cc2F)CCCCc2ccccc21. The van der Waals surface area contributed by atoms with E-state index in [0.29, 0.717) is 12.0 Å². The van der Waals surface area contributed by atoms with E-state index in [1.54, 1.807) is 0 Å². The number of hydrogen-bond donors (Lipinski definition) is 1. The fourth-order valence-electron chi connectivity index (χ4n) is 3.22. The summed E-state index contributed by atoms with van der Waals surface area (Å²) in [6, 6.07) is 11.3. The summed E-state index contributed by atoms with van der Waals surface area (Å²) in [5.74, 6) is -1.19. The number of benzene rings is 2. The van der Waals surface area contributed by atoms with Gasteiger partial charge in [-0.1, -0.05) is 30.3 Å². The van der Waals surface area contributed by atoms with E-state index in [-0.39, 0.29) is 6.42 Å². The summed E-state index contributed by atoms with van der Waals surface area (Å²) < 4.78 is 26.9. The molecule has 1 unspecified atom stereocenters. The van der Waals surface area contributed by atoms with Gasteiger partial charge in [-0.15, -0.1) is 0 Å². The number of aryl methyl sites for hydroxylation is 1. The third kappa shape index (κ3) is 2.84. The first-order valence-corrected chi connectivity index (χ1v) is 7.33. The molecule has 0 spiro atoms. The van der Waals surface area contributed by atoms with Crippen molar-refractivity contribution in [3.8, 4) is 0 Å². The quantitative estimate of drug-likeness (QED) is 0.824. The Labute approximate surface area is 123 Å². The minimum atomic E-state index is -1.08. The number of hydrogen-bond acceptors (Lipinski definition) is 1. The van der Waals surface area contributed by atoms with Gasteiger partial charge in [-0.3, -0.25) is 0 Å². The molecule has 0 aliphatic heterocycles. The van der Waals surface area contributed by atoms with Crippen LogP contribution in [0, 0.1) is 11.6 Å². The third-order valence-corrected chi connectivity index (χ3v) is 4.30. The van der Waals surface area contributed by atoms with Crippen molar-refractivity contribution in [2.24, 2.45) is 0 Å². The molecule has 3 heteroatoms. The van der Waals surface area contributed by atoms with Gasteiger partial charge >= 0.3 is 0 Å². The topological polar surface area (TPSA) is 20.2 Å². The lowest BCUT2D eigenvalue weighted by Crippen LogP contribution is -2.29. The van der Waals surface area contributed by atoms with Crippen molar-refractivity contribution in [1.29, 1.82) is 0 Å². The normalized spacial score (nSPS) is 21.7. The van der Waals surface area contributed by atoms with Crippen LogP contribution < -0.4 is 0 Å². The average Bonchev–Trinajstić information content (AvgIpc) is 2.63. The maximum Gasteiger partial charge on any atom is 0.129 e. The zero-order valence-electron chi connectivity index (χ0n) is 11.8. The molecule has 21 heavy (non-hydrogen) atoms. The van der Waals surface area contributed by atoms with Crippen LogP contribution in [0.4, 0.5) is 8.78 Å². The monoisotopic (exact) mass is 288 g/mol. The molecule has 1 N–H and O–H groups in total. The molecule has 0 saturated carbocycles. The third-order valence-electron chi connectivity index (χ3n) is 4.30. The second-order valence-electron chi connectivity index (χ2n) is 5.81. The minimum absolute atomic E-state index is 0.177. The molecule has 0 saturated heterocycles. The van der Waals surface area contributed by atoms with Crippen LogP contribution in [-0.2, 0) is 18.4 Å². The van der Waals surface area contributed by atoms with Crippen LogP contribution in [0.2, 0.25) is 0 Å². The van der Waals surface area contributed by atoms with Gasteiger partial charge in [-0.25, -0.2) is 8.78 Å². The molecular formula is C18H18F2O. The Hall–Kier alpha value is -1.74. The van der Waals surface area contributed by atoms with E-state index in [0.717, 1.165) is 36.5 Å².